The van der Waals surface area contributed by atoms with Crippen molar-refractivity contribution in [2.45, 2.75) is 13.3 Å². The van der Waals surface area contributed by atoms with Crippen LogP contribution >= 0.6 is 22.9 Å². The van der Waals surface area contributed by atoms with Crippen LogP contribution < -0.4 is 5.32 Å². The Morgan fingerprint density at radius 3 is 2.85 bits per heavy atom. The van der Waals surface area contributed by atoms with E-state index in [-0.39, 0.29) is 12.3 Å². The maximum atomic E-state index is 12.5. The molecule has 0 fully saturated rings. The summed E-state index contributed by atoms with van der Waals surface area (Å²) in [7, 11) is 0. The Kier molecular flexibility index (Phi) is 6.20. The van der Waals surface area contributed by atoms with E-state index in [1.807, 2.05) is 61.5 Å². The van der Waals surface area contributed by atoms with Crippen LogP contribution in [0.25, 0.3) is 33.5 Å². The van der Waals surface area contributed by atoms with Crippen LogP contribution in [-0.2, 0) is 11.2 Å². The molecular formula is C26H20ClN5OS. The van der Waals surface area contributed by atoms with Crippen LogP contribution in [0.15, 0.2) is 66.9 Å². The summed E-state index contributed by atoms with van der Waals surface area (Å²) in [6, 6.07) is 19.2. The molecule has 0 unspecified atom stereocenters. The molecule has 0 saturated carbocycles. The topological polar surface area (TPSA) is 83.6 Å². The summed E-state index contributed by atoms with van der Waals surface area (Å²) in [6.45, 7) is 1.94. The monoisotopic (exact) mass is 485 g/mol. The number of rotatable bonds is 6. The molecule has 0 aliphatic rings. The van der Waals surface area contributed by atoms with Crippen molar-refractivity contribution in [3.8, 4) is 10.4 Å². The number of H-pyrrole nitrogens is 1. The van der Waals surface area contributed by atoms with E-state index in [0.29, 0.717) is 10.2 Å². The molecule has 2 aromatic carbocycles. The summed E-state index contributed by atoms with van der Waals surface area (Å²) < 4.78 is 0. The molecular weight excluding hydrogens is 466 g/mol. The van der Waals surface area contributed by atoms with Crippen molar-refractivity contribution >= 4 is 57.0 Å². The second-order valence-corrected chi connectivity index (χ2v) is 9.18. The maximum absolute atomic E-state index is 12.5. The van der Waals surface area contributed by atoms with Gasteiger partial charge in [0.25, 0.3) is 0 Å². The average molecular weight is 486 g/mol. The smallest absolute Gasteiger partial charge is 0.230 e. The first-order chi connectivity index (χ1) is 16.5. The van der Waals surface area contributed by atoms with Gasteiger partial charge in [0.15, 0.2) is 5.13 Å². The zero-order valence-corrected chi connectivity index (χ0v) is 19.8. The van der Waals surface area contributed by atoms with E-state index in [1.165, 1.54) is 11.3 Å². The molecule has 0 aliphatic heterocycles. The normalized spacial score (nSPS) is 11.4. The molecule has 0 bridgehead atoms. The molecule has 0 spiro atoms. The lowest BCUT2D eigenvalue weighted by Gasteiger charge is -2.02. The van der Waals surface area contributed by atoms with E-state index in [1.54, 1.807) is 18.3 Å². The molecule has 8 heteroatoms. The number of halogens is 1. The Morgan fingerprint density at radius 1 is 1.12 bits per heavy atom. The van der Waals surface area contributed by atoms with E-state index in [4.69, 9.17) is 11.6 Å². The number of nitrogens with one attached hydrogen (secondary N) is 2. The number of carbonyl (C=O) groups is 1. The van der Waals surface area contributed by atoms with E-state index in [0.717, 1.165) is 44.0 Å². The molecule has 3 heterocycles. The Bertz CT molecular complexity index is 1510. The Morgan fingerprint density at radius 2 is 2.03 bits per heavy atom. The number of nitrogens with zero attached hydrogens (tertiary/aromatic N) is 3. The van der Waals surface area contributed by atoms with Crippen LogP contribution in [-0.4, -0.2) is 26.1 Å². The number of hydrogen-bond acceptors (Lipinski definition) is 5. The minimum Gasteiger partial charge on any atom is -0.302 e. The van der Waals surface area contributed by atoms with Gasteiger partial charge in [-0.2, -0.15) is 5.10 Å². The molecule has 2 N–H and O–H groups in total. The van der Waals surface area contributed by atoms with E-state index in [9.17, 15) is 4.79 Å². The number of carbonyl (C=O) groups excluding carboxylic acids is 1. The summed E-state index contributed by atoms with van der Waals surface area (Å²) in [5.74, 6) is -0.129. The third kappa shape index (κ3) is 4.90. The highest BCUT2D eigenvalue weighted by Crippen LogP contribution is 2.34. The summed E-state index contributed by atoms with van der Waals surface area (Å²) in [6.07, 6.45) is 5.89. The minimum atomic E-state index is -0.129. The van der Waals surface area contributed by atoms with E-state index >= 15 is 0 Å². The fourth-order valence-corrected chi connectivity index (χ4v) is 4.85. The van der Waals surface area contributed by atoms with Crippen molar-refractivity contribution in [2.75, 3.05) is 5.32 Å². The van der Waals surface area contributed by atoms with Crippen LogP contribution in [0.4, 0.5) is 5.13 Å². The van der Waals surface area contributed by atoms with Gasteiger partial charge in [0, 0.05) is 16.6 Å². The van der Waals surface area contributed by atoms with E-state index < -0.39 is 0 Å². The molecule has 5 aromatic rings. The number of thiazole rings is 1. The first-order valence-electron chi connectivity index (χ1n) is 10.6. The largest absolute Gasteiger partial charge is 0.302 e. The Labute approximate surface area is 205 Å². The number of aryl methyl sites for hydroxylation is 1. The van der Waals surface area contributed by atoms with Gasteiger partial charge in [-0.3, -0.25) is 14.9 Å². The molecule has 0 aliphatic carbocycles. The van der Waals surface area contributed by atoms with Crippen LogP contribution in [0.3, 0.4) is 0 Å². The summed E-state index contributed by atoms with van der Waals surface area (Å²) >= 11 is 7.47. The zero-order valence-electron chi connectivity index (χ0n) is 18.2. The highest BCUT2D eigenvalue weighted by molar-refractivity contribution is 7.19. The number of fused-ring (bicyclic) bond motifs is 1. The predicted molar refractivity (Wildman–Crippen MR) is 139 cm³/mol. The molecule has 6 nitrogen and oxygen atoms in total. The number of pyridine rings is 1. The van der Waals surface area contributed by atoms with Gasteiger partial charge in [-0.15, -0.1) is 0 Å². The predicted octanol–water partition coefficient (Wildman–Crippen LogP) is 6.39. The first kappa shape index (κ1) is 22.0. The molecule has 3 aromatic heterocycles. The van der Waals surface area contributed by atoms with Crippen molar-refractivity contribution in [2.24, 2.45) is 0 Å². The molecule has 1 amide bonds. The van der Waals surface area contributed by atoms with Crippen molar-refractivity contribution in [1.29, 1.82) is 0 Å². The number of aromatic amines is 1. The summed E-state index contributed by atoms with van der Waals surface area (Å²) in [5.41, 5.74) is 5.38. The Hall–Kier alpha value is -3.81. The van der Waals surface area contributed by atoms with Crippen molar-refractivity contribution in [3.05, 3.63) is 94.5 Å². The van der Waals surface area contributed by atoms with Gasteiger partial charge >= 0.3 is 0 Å². The minimum absolute atomic E-state index is 0.129. The van der Waals surface area contributed by atoms with Crippen LogP contribution in [0.2, 0.25) is 5.02 Å². The van der Waals surface area contributed by atoms with Gasteiger partial charge in [-0.1, -0.05) is 47.2 Å². The van der Waals surface area contributed by atoms with Gasteiger partial charge in [-0.05, 0) is 66.6 Å². The third-order valence-corrected chi connectivity index (χ3v) is 6.61. The highest BCUT2D eigenvalue weighted by atomic mass is 35.5. The molecule has 0 saturated heterocycles. The number of amides is 1. The summed E-state index contributed by atoms with van der Waals surface area (Å²) in [5, 5.41) is 12.7. The van der Waals surface area contributed by atoms with Crippen LogP contribution in [0.1, 0.15) is 22.6 Å². The lowest BCUT2D eigenvalue weighted by atomic mass is 10.1. The quantitative estimate of drug-likeness (QED) is 0.291. The highest BCUT2D eigenvalue weighted by Gasteiger charge is 2.14. The Balaban J connectivity index is 1.34. The zero-order chi connectivity index (χ0) is 23.5. The van der Waals surface area contributed by atoms with Gasteiger partial charge in [-0.25, -0.2) is 4.98 Å². The van der Waals surface area contributed by atoms with Crippen molar-refractivity contribution in [3.63, 3.8) is 0 Å². The SMILES string of the molecule is Cc1nc(NC(=O)Cc2cccc(Cl)c2)sc1-c1ccc2c(C=Cc3ccccn3)n[nH]c2c1. The molecule has 0 atom stereocenters. The number of benzene rings is 2. The number of anilines is 1. The number of aromatic nitrogens is 4. The fraction of sp³-hybridized carbons (Fsp3) is 0.0769. The van der Waals surface area contributed by atoms with Gasteiger partial charge < -0.3 is 5.32 Å². The summed E-state index contributed by atoms with van der Waals surface area (Å²) in [4.78, 5) is 22.3. The molecule has 0 radical (unpaired) electrons. The van der Waals surface area contributed by atoms with Gasteiger partial charge in [0.1, 0.15) is 0 Å². The second-order valence-electron chi connectivity index (χ2n) is 7.75. The van der Waals surface area contributed by atoms with Crippen molar-refractivity contribution in [1.82, 2.24) is 20.2 Å². The van der Waals surface area contributed by atoms with Crippen LogP contribution in [0.5, 0.6) is 0 Å². The lowest BCUT2D eigenvalue weighted by molar-refractivity contribution is -0.115. The standard InChI is InChI=1S/C26H20ClN5OS/c1-16-25(34-26(29-16)30-24(33)14-17-5-4-6-19(27)13-17)18-8-10-21-22(31-32-23(21)15-18)11-9-20-7-2-3-12-28-20/h2-13,15H,14H2,1H3,(H,31,32)(H,29,30,33). The lowest BCUT2D eigenvalue weighted by Crippen LogP contribution is -2.14. The molecule has 168 valence electrons. The van der Waals surface area contributed by atoms with Crippen LogP contribution in [0, 0.1) is 6.92 Å². The fourth-order valence-electron chi connectivity index (χ4n) is 3.66. The number of hydrogen-bond donors (Lipinski definition) is 2. The first-order valence-corrected chi connectivity index (χ1v) is 11.8. The molecule has 34 heavy (non-hydrogen) atoms. The maximum Gasteiger partial charge on any atom is 0.230 e. The van der Waals surface area contributed by atoms with Crippen molar-refractivity contribution < 1.29 is 4.79 Å². The van der Waals surface area contributed by atoms with E-state index in [2.05, 4.69) is 31.5 Å². The van der Waals surface area contributed by atoms with Gasteiger partial charge in [0.2, 0.25) is 5.91 Å². The molecule has 5 rings (SSSR count). The second kappa shape index (κ2) is 9.59. The van der Waals surface area contributed by atoms with Gasteiger partial charge in [0.05, 0.1) is 33.9 Å². The third-order valence-electron chi connectivity index (χ3n) is 5.25. The average Bonchev–Trinajstić information content (AvgIpc) is 3.40.